The zero-order chi connectivity index (χ0) is 15.2. The number of benzene rings is 1. The molecule has 1 heterocycles. The molecule has 0 fully saturated rings. The van der Waals surface area contributed by atoms with Gasteiger partial charge in [0.2, 0.25) is 0 Å². The molecule has 1 aromatic heterocycles. The molecule has 110 valence electrons. The van der Waals surface area contributed by atoms with Crippen LogP contribution < -0.4 is 11.1 Å². The maximum absolute atomic E-state index is 5.89. The summed E-state index contributed by atoms with van der Waals surface area (Å²) in [7, 11) is 1.46. The summed E-state index contributed by atoms with van der Waals surface area (Å²) < 4.78 is 0. The van der Waals surface area contributed by atoms with Gasteiger partial charge >= 0.3 is 0 Å². The van der Waals surface area contributed by atoms with Crippen LogP contribution in [-0.4, -0.2) is 23.3 Å². The number of hydrogen-bond donors (Lipinski definition) is 2. The standard InChI is InChI=1S/C14H16ClN5O/c1-9(10-3-5-11(15)6-4-10)20-14-12(7-19-21-2)13(16)17-8-18-14/h3-9H,1-2H3,(H3,16,17,18,20). The third kappa shape index (κ3) is 3.82. The van der Waals surface area contributed by atoms with Gasteiger partial charge in [-0.2, -0.15) is 0 Å². The van der Waals surface area contributed by atoms with E-state index in [1.54, 1.807) is 0 Å². The number of nitrogens with zero attached hydrogens (tertiary/aromatic N) is 3. The van der Waals surface area contributed by atoms with E-state index in [-0.39, 0.29) is 6.04 Å². The van der Waals surface area contributed by atoms with Gasteiger partial charge in [0.25, 0.3) is 0 Å². The van der Waals surface area contributed by atoms with Crippen LogP contribution in [0, 0.1) is 0 Å². The first-order valence-corrected chi connectivity index (χ1v) is 6.68. The number of aromatic nitrogens is 2. The summed E-state index contributed by atoms with van der Waals surface area (Å²) >= 11 is 5.89. The zero-order valence-corrected chi connectivity index (χ0v) is 12.5. The molecule has 7 heteroatoms. The lowest BCUT2D eigenvalue weighted by Gasteiger charge is -2.16. The number of anilines is 2. The molecule has 6 nitrogen and oxygen atoms in total. The molecular weight excluding hydrogens is 290 g/mol. The van der Waals surface area contributed by atoms with Crippen molar-refractivity contribution in [1.29, 1.82) is 0 Å². The molecule has 3 N–H and O–H groups in total. The van der Waals surface area contributed by atoms with Crippen LogP contribution in [0.1, 0.15) is 24.1 Å². The predicted octanol–water partition coefficient (Wildman–Crippen LogP) is 2.87. The predicted molar refractivity (Wildman–Crippen MR) is 84.5 cm³/mol. The molecule has 0 amide bonds. The summed E-state index contributed by atoms with van der Waals surface area (Å²) in [6.45, 7) is 2.01. The van der Waals surface area contributed by atoms with Crippen molar-refractivity contribution in [2.24, 2.45) is 5.16 Å². The van der Waals surface area contributed by atoms with Crippen molar-refractivity contribution in [2.45, 2.75) is 13.0 Å². The molecule has 0 aliphatic rings. The number of nitrogens with one attached hydrogen (secondary N) is 1. The molecule has 0 spiro atoms. The molecular formula is C14H16ClN5O. The molecule has 1 aromatic carbocycles. The third-order valence-corrected chi connectivity index (χ3v) is 3.18. The molecule has 0 saturated carbocycles. The molecule has 0 aliphatic heterocycles. The Kier molecular flexibility index (Phi) is 4.94. The number of oxime groups is 1. The van der Waals surface area contributed by atoms with E-state index in [1.165, 1.54) is 19.7 Å². The molecule has 0 aliphatic carbocycles. The van der Waals surface area contributed by atoms with E-state index in [0.29, 0.717) is 22.2 Å². The van der Waals surface area contributed by atoms with Crippen molar-refractivity contribution in [3.63, 3.8) is 0 Å². The molecule has 1 atom stereocenters. The molecule has 2 rings (SSSR count). The maximum atomic E-state index is 5.89. The summed E-state index contributed by atoms with van der Waals surface area (Å²) in [5, 5.41) is 7.69. The SMILES string of the molecule is CON=Cc1c(N)ncnc1NC(C)c1ccc(Cl)cc1. The van der Waals surface area contributed by atoms with Crippen LogP contribution in [0.5, 0.6) is 0 Å². The molecule has 21 heavy (non-hydrogen) atoms. The van der Waals surface area contributed by atoms with Crippen LogP contribution in [-0.2, 0) is 4.84 Å². The van der Waals surface area contributed by atoms with Crippen LogP contribution >= 0.6 is 11.6 Å². The minimum absolute atomic E-state index is 0.0197. The Morgan fingerprint density at radius 1 is 1.33 bits per heavy atom. The van der Waals surface area contributed by atoms with Crippen LogP contribution in [0.2, 0.25) is 5.02 Å². The summed E-state index contributed by atoms with van der Waals surface area (Å²) in [5.74, 6) is 0.919. The topological polar surface area (TPSA) is 85.4 Å². The van der Waals surface area contributed by atoms with Crippen molar-refractivity contribution in [3.8, 4) is 0 Å². The fraction of sp³-hybridized carbons (Fsp3) is 0.214. The lowest BCUT2D eigenvalue weighted by atomic mass is 10.1. The van der Waals surface area contributed by atoms with E-state index in [4.69, 9.17) is 17.3 Å². The molecule has 1 unspecified atom stereocenters. The highest BCUT2D eigenvalue weighted by atomic mass is 35.5. The van der Waals surface area contributed by atoms with Crippen molar-refractivity contribution < 1.29 is 4.84 Å². The Morgan fingerprint density at radius 3 is 2.71 bits per heavy atom. The van der Waals surface area contributed by atoms with Gasteiger partial charge in [0.05, 0.1) is 11.8 Å². The van der Waals surface area contributed by atoms with Gasteiger partial charge in [-0.15, -0.1) is 0 Å². The highest BCUT2D eigenvalue weighted by Crippen LogP contribution is 2.23. The average molecular weight is 306 g/mol. The minimum Gasteiger partial charge on any atom is -0.399 e. The largest absolute Gasteiger partial charge is 0.399 e. The lowest BCUT2D eigenvalue weighted by Crippen LogP contribution is -2.12. The Morgan fingerprint density at radius 2 is 2.05 bits per heavy atom. The smallest absolute Gasteiger partial charge is 0.141 e. The first-order valence-electron chi connectivity index (χ1n) is 6.31. The molecule has 2 aromatic rings. The number of hydrogen-bond acceptors (Lipinski definition) is 6. The average Bonchev–Trinajstić information content (AvgIpc) is 2.47. The van der Waals surface area contributed by atoms with Crippen molar-refractivity contribution in [3.05, 3.63) is 46.7 Å². The first kappa shape index (κ1) is 15.1. The fourth-order valence-electron chi connectivity index (χ4n) is 1.80. The lowest BCUT2D eigenvalue weighted by molar-refractivity contribution is 0.215. The van der Waals surface area contributed by atoms with Crippen LogP contribution in [0.3, 0.4) is 0 Å². The van der Waals surface area contributed by atoms with E-state index < -0.39 is 0 Å². The summed E-state index contributed by atoms with van der Waals surface area (Å²) in [6, 6.07) is 7.61. The van der Waals surface area contributed by atoms with Gasteiger partial charge in [-0.05, 0) is 24.6 Å². The first-order chi connectivity index (χ1) is 10.1. The van der Waals surface area contributed by atoms with Gasteiger partial charge in [0.1, 0.15) is 25.1 Å². The Labute approximate surface area is 128 Å². The van der Waals surface area contributed by atoms with Crippen LogP contribution in [0.4, 0.5) is 11.6 Å². The van der Waals surface area contributed by atoms with E-state index in [2.05, 4.69) is 25.3 Å². The number of nitrogen functional groups attached to an aromatic ring is 1. The minimum atomic E-state index is 0.0197. The van der Waals surface area contributed by atoms with Crippen molar-refractivity contribution >= 4 is 29.5 Å². The van der Waals surface area contributed by atoms with E-state index in [1.807, 2.05) is 31.2 Å². The number of halogens is 1. The summed E-state index contributed by atoms with van der Waals surface area (Å²) in [4.78, 5) is 12.8. The second-order valence-corrected chi connectivity index (χ2v) is 4.79. The Bertz CT molecular complexity index is 630. The normalized spacial score (nSPS) is 12.3. The Balaban J connectivity index is 2.24. The van der Waals surface area contributed by atoms with Crippen molar-refractivity contribution in [1.82, 2.24) is 9.97 Å². The van der Waals surface area contributed by atoms with Crippen molar-refractivity contribution in [2.75, 3.05) is 18.2 Å². The highest BCUT2D eigenvalue weighted by molar-refractivity contribution is 6.30. The second kappa shape index (κ2) is 6.90. The van der Waals surface area contributed by atoms with Gasteiger partial charge < -0.3 is 15.9 Å². The monoisotopic (exact) mass is 305 g/mol. The number of rotatable bonds is 5. The zero-order valence-electron chi connectivity index (χ0n) is 11.7. The van der Waals surface area contributed by atoms with E-state index >= 15 is 0 Å². The van der Waals surface area contributed by atoms with E-state index in [9.17, 15) is 0 Å². The van der Waals surface area contributed by atoms with E-state index in [0.717, 1.165) is 5.56 Å². The summed E-state index contributed by atoms with van der Waals surface area (Å²) in [5.41, 5.74) is 7.50. The maximum Gasteiger partial charge on any atom is 0.141 e. The third-order valence-electron chi connectivity index (χ3n) is 2.93. The van der Waals surface area contributed by atoms with Crippen LogP contribution in [0.25, 0.3) is 0 Å². The Hall–Kier alpha value is -2.34. The number of nitrogens with two attached hydrogens (primary N) is 1. The quantitative estimate of drug-likeness (QED) is 0.655. The molecule has 0 bridgehead atoms. The molecule has 0 radical (unpaired) electrons. The van der Waals surface area contributed by atoms with Gasteiger partial charge in [0, 0.05) is 11.1 Å². The van der Waals surface area contributed by atoms with Gasteiger partial charge in [0.15, 0.2) is 0 Å². The summed E-state index contributed by atoms with van der Waals surface area (Å²) in [6.07, 6.45) is 2.88. The highest BCUT2D eigenvalue weighted by Gasteiger charge is 2.11. The van der Waals surface area contributed by atoms with Gasteiger partial charge in [-0.3, -0.25) is 0 Å². The van der Waals surface area contributed by atoms with Gasteiger partial charge in [-0.1, -0.05) is 28.9 Å². The fourth-order valence-corrected chi connectivity index (χ4v) is 1.92. The van der Waals surface area contributed by atoms with Crippen LogP contribution in [0.15, 0.2) is 35.7 Å². The molecule has 0 saturated heterocycles. The van der Waals surface area contributed by atoms with Gasteiger partial charge in [-0.25, -0.2) is 9.97 Å². The second-order valence-electron chi connectivity index (χ2n) is 4.36.